The van der Waals surface area contributed by atoms with Crippen LogP contribution in [0.15, 0.2) is 53.4 Å². The molecule has 1 atom stereocenters. The third-order valence-corrected chi connectivity index (χ3v) is 6.48. The Balaban J connectivity index is 1.58. The van der Waals surface area contributed by atoms with Crippen molar-refractivity contribution in [2.45, 2.75) is 42.8 Å². The molecule has 4 nitrogen and oxygen atoms in total. The van der Waals surface area contributed by atoms with Crippen LogP contribution in [0.5, 0.6) is 0 Å². The molecule has 2 amide bonds. The molecule has 2 heterocycles. The summed E-state index contributed by atoms with van der Waals surface area (Å²) >= 11 is 1.83. The number of hydrogen-bond donors (Lipinski definition) is 0. The fourth-order valence-corrected chi connectivity index (χ4v) is 4.83. The Morgan fingerprint density at radius 3 is 2.59 bits per heavy atom. The number of carbonyl (C=O) groups is 2. The highest BCUT2D eigenvalue weighted by Crippen LogP contribution is 2.38. The van der Waals surface area contributed by atoms with Crippen LogP contribution in [0.3, 0.4) is 0 Å². The Morgan fingerprint density at radius 2 is 1.81 bits per heavy atom. The van der Waals surface area contributed by atoms with E-state index < -0.39 is 0 Å². The minimum Gasteiger partial charge on any atom is -0.312 e. The van der Waals surface area contributed by atoms with Crippen LogP contribution in [-0.2, 0) is 4.79 Å². The predicted octanol–water partition coefficient (Wildman–Crippen LogP) is 4.73. The molecule has 1 unspecified atom stereocenters. The zero-order valence-corrected chi connectivity index (χ0v) is 16.4. The largest absolute Gasteiger partial charge is 0.312 e. The maximum Gasteiger partial charge on any atom is 0.258 e. The minimum absolute atomic E-state index is 0.0219. The summed E-state index contributed by atoms with van der Waals surface area (Å²) in [5, 5.41) is 0.483. The molecule has 0 aliphatic carbocycles. The van der Waals surface area contributed by atoms with E-state index in [1.54, 1.807) is 0 Å². The average Bonchev–Trinajstić information content (AvgIpc) is 2.86. The zero-order chi connectivity index (χ0) is 18.8. The van der Waals surface area contributed by atoms with E-state index in [9.17, 15) is 9.59 Å². The molecule has 0 aromatic heterocycles. The first kappa shape index (κ1) is 18.1. The molecule has 0 spiro atoms. The molecule has 4 rings (SSSR count). The van der Waals surface area contributed by atoms with Gasteiger partial charge in [0.1, 0.15) is 0 Å². The van der Waals surface area contributed by atoms with Gasteiger partial charge in [-0.2, -0.15) is 0 Å². The highest BCUT2D eigenvalue weighted by Gasteiger charge is 2.25. The lowest BCUT2D eigenvalue weighted by molar-refractivity contribution is -0.119. The van der Waals surface area contributed by atoms with E-state index in [2.05, 4.69) is 13.0 Å². The fourth-order valence-electron chi connectivity index (χ4n) is 3.72. The Labute approximate surface area is 164 Å². The summed E-state index contributed by atoms with van der Waals surface area (Å²) in [5.74, 6) is 0.196. The monoisotopic (exact) mass is 380 g/mol. The molecule has 1 fully saturated rings. The Morgan fingerprint density at radius 1 is 1.04 bits per heavy atom. The molecule has 1 saturated heterocycles. The average molecular weight is 381 g/mol. The number of rotatable bonds is 2. The van der Waals surface area contributed by atoms with Crippen molar-refractivity contribution in [3.63, 3.8) is 0 Å². The number of hydrogen-bond acceptors (Lipinski definition) is 3. The molecular weight excluding hydrogens is 356 g/mol. The number of fused-ring (bicyclic) bond motifs is 1. The fraction of sp³-hybridized carbons (Fsp3) is 0.364. The first-order valence-corrected chi connectivity index (χ1v) is 10.5. The molecule has 0 saturated carbocycles. The number of para-hydroxylation sites is 1. The number of amides is 2. The summed E-state index contributed by atoms with van der Waals surface area (Å²) in [5.41, 5.74) is 2.54. The van der Waals surface area contributed by atoms with Gasteiger partial charge in [0.2, 0.25) is 5.91 Å². The van der Waals surface area contributed by atoms with Gasteiger partial charge in [-0.1, -0.05) is 19.1 Å². The molecular formula is C22H24N2O2S. The van der Waals surface area contributed by atoms with Crippen molar-refractivity contribution in [2.75, 3.05) is 22.9 Å². The van der Waals surface area contributed by atoms with Gasteiger partial charge in [0, 0.05) is 40.9 Å². The third-order valence-electron chi connectivity index (χ3n) is 5.24. The van der Waals surface area contributed by atoms with Crippen molar-refractivity contribution in [2.24, 2.45) is 0 Å². The van der Waals surface area contributed by atoms with Gasteiger partial charge < -0.3 is 9.80 Å². The number of thioether (sulfide) groups is 1. The van der Waals surface area contributed by atoms with Gasteiger partial charge in [-0.3, -0.25) is 9.59 Å². The van der Waals surface area contributed by atoms with Gasteiger partial charge >= 0.3 is 0 Å². The Kier molecular flexibility index (Phi) is 5.21. The smallest absolute Gasteiger partial charge is 0.258 e. The SMILES string of the molecule is CC1CCN(C(=O)c2ccc(N3CCCCC3=O)cc2)c2ccccc2S1. The van der Waals surface area contributed by atoms with Crippen molar-refractivity contribution in [3.8, 4) is 0 Å². The van der Waals surface area contributed by atoms with E-state index in [0.717, 1.165) is 48.6 Å². The highest BCUT2D eigenvalue weighted by molar-refractivity contribution is 8.00. The number of piperidine rings is 1. The Hall–Kier alpha value is -2.27. The molecule has 0 N–H and O–H groups in total. The van der Waals surface area contributed by atoms with Crippen molar-refractivity contribution in [1.82, 2.24) is 0 Å². The van der Waals surface area contributed by atoms with Crippen molar-refractivity contribution < 1.29 is 9.59 Å². The summed E-state index contributed by atoms with van der Waals surface area (Å²) in [4.78, 5) is 30.2. The van der Waals surface area contributed by atoms with E-state index in [0.29, 0.717) is 17.2 Å². The standard InChI is InChI=1S/C22H24N2O2S/c1-16-13-15-24(19-6-2-3-7-20(19)27-16)22(26)17-9-11-18(12-10-17)23-14-5-4-8-21(23)25/h2-3,6-7,9-12,16H,4-5,8,13-15H2,1H3. The van der Waals surface area contributed by atoms with Gasteiger partial charge in [0.25, 0.3) is 5.91 Å². The van der Waals surface area contributed by atoms with Crippen LogP contribution >= 0.6 is 11.8 Å². The maximum atomic E-state index is 13.2. The summed E-state index contributed by atoms with van der Waals surface area (Å²) in [6, 6.07) is 15.6. The number of anilines is 2. The Bertz CT molecular complexity index is 850. The second-order valence-corrected chi connectivity index (χ2v) is 8.67. The van der Waals surface area contributed by atoms with Gasteiger partial charge in [0.05, 0.1) is 5.69 Å². The second kappa shape index (κ2) is 7.77. The van der Waals surface area contributed by atoms with E-state index in [4.69, 9.17) is 0 Å². The van der Waals surface area contributed by atoms with Gasteiger partial charge in [-0.25, -0.2) is 0 Å². The van der Waals surface area contributed by atoms with Crippen molar-refractivity contribution in [3.05, 3.63) is 54.1 Å². The molecule has 140 valence electrons. The molecule has 5 heteroatoms. The molecule has 27 heavy (non-hydrogen) atoms. The number of benzene rings is 2. The van der Waals surface area contributed by atoms with Crippen LogP contribution in [0.2, 0.25) is 0 Å². The van der Waals surface area contributed by atoms with Gasteiger partial charge in [-0.05, 0) is 55.7 Å². The second-order valence-electron chi connectivity index (χ2n) is 7.19. The molecule has 2 aliphatic heterocycles. The van der Waals surface area contributed by atoms with E-state index >= 15 is 0 Å². The number of carbonyl (C=O) groups excluding carboxylic acids is 2. The quantitative estimate of drug-likeness (QED) is 0.756. The van der Waals surface area contributed by atoms with Crippen LogP contribution in [0.4, 0.5) is 11.4 Å². The lowest BCUT2D eigenvalue weighted by Gasteiger charge is -2.27. The molecule has 0 radical (unpaired) electrons. The summed E-state index contributed by atoms with van der Waals surface area (Å²) < 4.78 is 0. The third kappa shape index (κ3) is 3.74. The van der Waals surface area contributed by atoms with Gasteiger partial charge in [0.15, 0.2) is 0 Å². The lowest BCUT2D eigenvalue weighted by atomic mass is 10.1. The van der Waals surface area contributed by atoms with E-state index in [1.807, 2.05) is 64.0 Å². The van der Waals surface area contributed by atoms with Crippen molar-refractivity contribution >= 4 is 35.0 Å². The summed E-state index contributed by atoms with van der Waals surface area (Å²) in [6.45, 7) is 3.69. The van der Waals surface area contributed by atoms with Crippen LogP contribution in [0.25, 0.3) is 0 Å². The highest BCUT2D eigenvalue weighted by atomic mass is 32.2. The maximum absolute atomic E-state index is 13.2. The molecule has 0 bridgehead atoms. The first-order chi connectivity index (χ1) is 13.1. The van der Waals surface area contributed by atoms with E-state index in [1.165, 1.54) is 0 Å². The zero-order valence-electron chi connectivity index (χ0n) is 15.6. The number of nitrogens with zero attached hydrogens (tertiary/aromatic N) is 2. The lowest BCUT2D eigenvalue weighted by Crippen LogP contribution is -2.35. The van der Waals surface area contributed by atoms with Crippen LogP contribution in [0, 0.1) is 0 Å². The predicted molar refractivity (Wildman–Crippen MR) is 111 cm³/mol. The molecule has 2 aliphatic rings. The van der Waals surface area contributed by atoms with Gasteiger partial charge in [-0.15, -0.1) is 11.8 Å². The summed E-state index contributed by atoms with van der Waals surface area (Å²) in [7, 11) is 0. The normalized spacial score (nSPS) is 20.2. The minimum atomic E-state index is 0.0219. The topological polar surface area (TPSA) is 40.6 Å². The first-order valence-electron chi connectivity index (χ1n) is 9.61. The van der Waals surface area contributed by atoms with Crippen LogP contribution in [0.1, 0.15) is 43.0 Å². The molecule has 2 aromatic rings. The molecule has 2 aromatic carbocycles. The van der Waals surface area contributed by atoms with E-state index in [-0.39, 0.29) is 11.8 Å². The summed E-state index contributed by atoms with van der Waals surface area (Å²) in [6.07, 6.45) is 3.58. The van der Waals surface area contributed by atoms with Crippen LogP contribution in [-0.4, -0.2) is 30.2 Å². The van der Waals surface area contributed by atoms with Crippen LogP contribution < -0.4 is 9.80 Å². The van der Waals surface area contributed by atoms with Crippen molar-refractivity contribution in [1.29, 1.82) is 0 Å².